The Hall–Kier alpha value is -0.810. The van der Waals surface area contributed by atoms with Crippen LogP contribution in [0.3, 0.4) is 0 Å². The van der Waals surface area contributed by atoms with Crippen molar-refractivity contribution in [2.45, 2.75) is 25.7 Å². The lowest BCUT2D eigenvalue weighted by Crippen LogP contribution is -2.46. The molecule has 1 heterocycles. The van der Waals surface area contributed by atoms with Gasteiger partial charge in [-0.3, -0.25) is 0 Å². The molecule has 0 unspecified atom stereocenters. The van der Waals surface area contributed by atoms with Gasteiger partial charge in [0.15, 0.2) is 0 Å². The number of hydrogen-bond acceptors (Lipinski definition) is 3. The van der Waals surface area contributed by atoms with E-state index in [9.17, 15) is 4.79 Å². The molecule has 1 rings (SSSR count). The number of amides is 2. The second-order valence-corrected chi connectivity index (χ2v) is 4.03. The van der Waals surface area contributed by atoms with Crippen LogP contribution in [0.1, 0.15) is 25.7 Å². The maximum Gasteiger partial charge on any atom is 0.317 e. The molecule has 0 spiro atoms. The molecule has 16 heavy (non-hydrogen) atoms. The standard InChI is InChI=1S/C11H23N3O2/c12-5-3-1-2-4-6-13-11(15)14-7-9-16-10-8-14/h1-10,12H2,(H,13,15). The Morgan fingerprint density at radius 2 is 1.88 bits per heavy atom. The number of nitrogens with one attached hydrogen (secondary N) is 1. The lowest BCUT2D eigenvalue weighted by Gasteiger charge is -2.26. The second kappa shape index (κ2) is 8.35. The van der Waals surface area contributed by atoms with Crippen molar-refractivity contribution in [3.63, 3.8) is 0 Å². The molecule has 0 saturated carbocycles. The molecule has 0 radical (unpaired) electrons. The van der Waals surface area contributed by atoms with Crippen molar-refractivity contribution in [3.05, 3.63) is 0 Å². The first-order valence-corrected chi connectivity index (χ1v) is 6.15. The average Bonchev–Trinajstić information content (AvgIpc) is 2.34. The highest BCUT2D eigenvalue weighted by atomic mass is 16.5. The molecule has 1 aliphatic rings. The number of morpholine rings is 1. The van der Waals surface area contributed by atoms with Gasteiger partial charge in [0.2, 0.25) is 0 Å². The molecule has 1 saturated heterocycles. The van der Waals surface area contributed by atoms with Crippen LogP contribution in [0, 0.1) is 0 Å². The molecule has 1 aliphatic heterocycles. The number of carbonyl (C=O) groups is 1. The first-order valence-electron chi connectivity index (χ1n) is 6.15. The van der Waals surface area contributed by atoms with Gasteiger partial charge in [0.05, 0.1) is 13.2 Å². The summed E-state index contributed by atoms with van der Waals surface area (Å²) in [4.78, 5) is 13.4. The van der Waals surface area contributed by atoms with Gasteiger partial charge >= 0.3 is 6.03 Å². The Kier molecular flexibility index (Phi) is 6.92. The zero-order valence-corrected chi connectivity index (χ0v) is 9.91. The van der Waals surface area contributed by atoms with Gasteiger partial charge in [0, 0.05) is 19.6 Å². The molecule has 0 aromatic heterocycles. The summed E-state index contributed by atoms with van der Waals surface area (Å²) in [6.45, 7) is 4.26. The smallest absolute Gasteiger partial charge is 0.317 e. The number of urea groups is 1. The largest absolute Gasteiger partial charge is 0.378 e. The summed E-state index contributed by atoms with van der Waals surface area (Å²) >= 11 is 0. The van der Waals surface area contributed by atoms with Crippen LogP contribution in [0.25, 0.3) is 0 Å². The van der Waals surface area contributed by atoms with Gasteiger partial charge in [0.25, 0.3) is 0 Å². The molecule has 1 fully saturated rings. The van der Waals surface area contributed by atoms with E-state index in [1.807, 2.05) is 4.90 Å². The Morgan fingerprint density at radius 3 is 2.56 bits per heavy atom. The van der Waals surface area contributed by atoms with E-state index in [0.29, 0.717) is 26.3 Å². The van der Waals surface area contributed by atoms with E-state index in [4.69, 9.17) is 10.5 Å². The van der Waals surface area contributed by atoms with Crippen molar-refractivity contribution in [2.75, 3.05) is 39.4 Å². The highest BCUT2D eigenvalue weighted by molar-refractivity contribution is 5.74. The average molecular weight is 229 g/mol. The minimum atomic E-state index is 0.0436. The Morgan fingerprint density at radius 1 is 1.19 bits per heavy atom. The molecule has 0 aliphatic carbocycles. The van der Waals surface area contributed by atoms with E-state index in [-0.39, 0.29) is 6.03 Å². The van der Waals surface area contributed by atoms with E-state index in [1.165, 1.54) is 0 Å². The van der Waals surface area contributed by atoms with E-state index in [2.05, 4.69) is 5.32 Å². The summed E-state index contributed by atoms with van der Waals surface area (Å²) < 4.78 is 5.19. The molecule has 3 N–H and O–H groups in total. The van der Waals surface area contributed by atoms with E-state index in [1.54, 1.807) is 0 Å². The molecule has 5 heteroatoms. The number of rotatable bonds is 6. The van der Waals surface area contributed by atoms with Crippen LogP contribution < -0.4 is 11.1 Å². The van der Waals surface area contributed by atoms with Crippen LogP contribution in [-0.4, -0.2) is 50.3 Å². The molecule has 0 atom stereocenters. The molecular formula is C11H23N3O2. The van der Waals surface area contributed by atoms with Crippen LogP contribution in [0.4, 0.5) is 4.79 Å². The van der Waals surface area contributed by atoms with Crippen LogP contribution in [0.2, 0.25) is 0 Å². The predicted octanol–water partition coefficient (Wildman–Crippen LogP) is 0.547. The fourth-order valence-corrected chi connectivity index (χ4v) is 1.70. The maximum atomic E-state index is 11.6. The number of carbonyl (C=O) groups excluding carboxylic acids is 1. The molecule has 0 aromatic rings. The lowest BCUT2D eigenvalue weighted by molar-refractivity contribution is 0.0532. The molecule has 2 amide bonds. The van der Waals surface area contributed by atoms with Gasteiger partial charge in [-0.05, 0) is 19.4 Å². The number of nitrogens with two attached hydrogens (primary N) is 1. The fraction of sp³-hybridized carbons (Fsp3) is 0.909. The van der Waals surface area contributed by atoms with E-state index < -0.39 is 0 Å². The Labute approximate surface area is 97.3 Å². The first kappa shape index (κ1) is 13.3. The molecule has 94 valence electrons. The van der Waals surface area contributed by atoms with Crippen LogP contribution >= 0.6 is 0 Å². The van der Waals surface area contributed by atoms with Crippen LogP contribution in [0.5, 0.6) is 0 Å². The molecular weight excluding hydrogens is 206 g/mol. The quantitative estimate of drug-likeness (QED) is 0.653. The summed E-state index contributed by atoms with van der Waals surface area (Å²) in [6.07, 6.45) is 4.41. The van der Waals surface area contributed by atoms with Crippen molar-refractivity contribution < 1.29 is 9.53 Å². The Bertz CT molecular complexity index is 194. The zero-order valence-electron chi connectivity index (χ0n) is 9.91. The van der Waals surface area contributed by atoms with Gasteiger partial charge in [-0.15, -0.1) is 0 Å². The third kappa shape index (κ3) is 5.32. The van der Waals surface area contributed by atoms with Gasteiger partial charge in [-0.1, -0.05) is 12.8 Å². The topological polar surface area (TPSA) is 67.6 Å². The minimum Gasteiger partial charge on any atom is -0.378 e. The first-order chi connectivity index (χ1) is 7.84. The minimum absolute atomic E-state index is 0.0436. The summed E-state index contributed by atoms with van der Waals surface area (Å²) in [5, 5.41) is 2.93. The third-order valence-electron chi connectivity index (χ3n) is 2.71. The van der Waals surface area contributed by atoms with Crippen molar-refractivity contribution in [3.8, 4) is 0 Å². The van der Waals surface area contributed by atoms with Crippen molar-refractivity contribution in [1.82, 2.24) is 10.2 Å². The number of ether oxygens (including phenoxy) is 1. The monoisotopic (exact) mass is 229 g/mol. The highest BCUT2D eigenvalue weighted by Gasteiger charge is 2.15. The number of unbranched alkanes of at least 4 members (excludes halogenated alkanes) is 3. The third-order valence-corrected chi connectivity index (χ3v) is 2.71. The van der Waals surface area contributed by atoms with Gasteiger partial charge < -0.3 is 20.7 Å². The maximum absolute atomic E-state index is 11.6. The van der Waals surface area contributed by atoms with E-state index >= 15 is 0 Å². The normalized spacial score (nSPS) is 16.2. The molecule has 0 bridgehead atoms. The summed E-state index contributed by atoms with van der Waals surface area (Å²) in [5.41, 5.74) is 5.40. The lowest BCUT2D eigenvalue weighted by atomic mass is 10.2. The summed E-state index contributed by atoms with van der Waals surface area (Å²) in [7, 11) is 0. The van der Waals surface area contributed by atoms with E-state index in [0.717, 1.165) is 38.8 Å². The fourth-order valence-electron chi connectivity index (χ4n) is 1.70. The molecule has 0 aromatic carbocycles. The highest BCUT2D eigenvalue weighted by Crippen LogP contribution is 1.99. The van der Waals surface area contributed by atoms with Crippen molar-refractivity contribution >= 4 is 6.03 Å². The number of hydrogen-bond donors (Lipinski definition) is 2. The van der Waals surface area contributed by atoms with Crippen LogP contribution in [0.15, 0.2) is 0 Å². The summed E-state index contributed by atoms with van der Waals surface area (Å²) in [5.74, 6) is 0. The SMILES string of the molecule is NCCCCCCNC(=O)N1CCOCC1. The van der Waals surface area contributed by atoms with Gasteiger partial charge in [0.1, 0.15) is 0 Å². The second-order valence-electron chi connectivity index (χ2n) is 4.03. The predicted molar refractivity (Wildman–Crippen MR) is 63.3 cm³/mol. The van der Waals surface area contributed by atoms with Gasteiger partial charge in [-0.25, -0.2) is 4.79 Å². The zero-order chi connectivity index (χ0) is 11.6. The van der Waals surface area contributed by atoms with Gasteiger partial charge in [-0.2, -0.15) is 0 Å². The van der Waals surface area contributed by atoms with Crippen LogP contribution in [-0.2, 0) is 4.74 Å². The number of nitrogens with zero attached hydrogens (tertiary/aromatic N) is 1. The Balaban J connectivity index is 1.97. The van der Waals surface area contributed by atoms with Crippen molar-refractivity contribution in [2.24, 2.45) is 5.73 Å². The summed E-state index contributed by atoms with van der Waals surface area (Å²) in [6, 6.07) is 0.0436. The molecule has 5 nitrogen and oxygen atoms in total. The van der Waals surface area contributed by atoms with Crippen molar-refractivity contribution in [1.29, 1.82) is 0 Å².